The number of rotatable bonds is 3. The highest BCUT2D eigenvalue weighted by Gasteiger charge is 1.96. The molecule has 13 heavy (non-hydrogen) atoms. The molecular formula is C10H9NO2. The Balaban J connectivity index is 1.94. The molecule has 2 rings (SSSR count). The Morgan fingerprint density at radius 2 is 2.08 bits per heavy atom. The van der Waals surface area contributed by atoms with Crippen LogP contribution >= 0.6 is 0 Å². The lowest BCUT2D eigenvalue weighted by molar-refractivity contribution is 0.301. The van der Waals surface area contributed by atoms with Gasteiger partial charge < -0.3 is 9.26 Å². The van der Waals surface area contributed by atoms with Crippen molar-refractivity contribution >= 4 is 0 Å². The second-order valence-corrected chi connectivity index (χ2v) is 2.63. The molecule has 0 radical (unpaired) electrons. The molecule has 1 heterocycles. The predicted octanol–water partition coefficient (Wildman–Crippen LogP) is 2.25. The Kier molecular flexibility index (Phi) is 2.27. The zero-order valence-electron chi connectivity index (χ0n) is 7.01. The van der Waals surface area contributed by atoms with Crippen molar-refractivity contribution in [2.45, 2.75) is 6.61 Å². The molecule has 0 N–H and O–H groups in total. The molecule has 66 valence electrons. The first-order valence-corrected chi connectivity index (χ1v) is 4.01. The summed E-state index contributed by atoms with van der Waals surface area (Å²) in [6, 6.07) is 9.95. The first-order valence-electron chi connectivity index (χ1n) is 4.01. The van der Waals surface area contributed by atoms with Gasteiger partial charge in [-0.05, 0) is 5.56 Å². The second kappa shape index (κ2) is 3.76. The van der Waals surface area contributed by atoms with E-state index >= 15 is 0 Å². The van der Waals surface area contributed by atoms with Crippen LogP contribution in [0.2, 0.25) is 0 Å². The van der Waals surface area contributed by atoms with Gasteiger partial charge in [-0.2, -0.15) is 0 Å². The van der Waals surface area contributed by atoms with E-state index in [-0.39, 0.29) is 0 Å². The zero-order chi connectivity index (χ0) is 8.93. The first kappa shape index (κ1) is 7.86. The average molecular weight is 175 g/mol. The lowest BCUT2D eigenvalue weighted by Crippen LogP contribution is -1.93. The maximum atomic E-state index is 5.38. The third kappa shape index (κ3) is 2.08. The van der Waals surface area contributed by atoms with E-state index in [9.17, 15) is 0 Å². The summed E-state index contributed by atoms with van der Waals surface area (Å²) in [5, 5.41) is 3.53. The Hall–Kier alpha value is -1.77. The fourth-order valence-electron chi connectivity index (χ4n) is 1.01. The quantitative estimate of drug-likeness (QED) is 0.717. The van der Waals surface area contributed by atoms with E-state index in [1.807, 2.05) is 30.3 Å². The van der Waals surface area contributed by atoms with Crippen LogP contribution in [-0.2, 0) is 6.61 Å². The maximum absolute atomic E-state index is 5.38. The van der Waals surface area contributed by atoms with Crippen molar-refractivity contribution in [1.29, 1.82) is 0 Å². The summed E-state index contributed by atoms with van der Waals surface area (Å²) < 4.78 is 10.0. The number of nitrogens with zero attached hydrogens (tertiary/aromatic N) is 1. The SMILES string of the molecule is c1ccc(COc2cnoc2)cc1. The van der Waals surface area contributed by atoms with Gasteiger partial charge in [0.2, 0.25) is 0 Å². The lowest BCUT2D eigenvalue weighted by atomic mass is 10.2. The minimum atomic E-state index is 0.544. The standard InChI is InChI=1S/C10H9NO2/c1-2-4-9(5-3-1)7-12-10-6-11-13-8-10/h1-6,8H,7H2. The number of benzene rings is 1. The van der Waals surface area contributed by atoms with Gasteiger partial charge in [-0.3, -0.25) is 0 Å². The fraction of sp³-hybridized carbons (Fsp3) is 0.100. The largest absolute Gasteiger partial charge is 0.484 e. The van der Waals surface area contributed by atoms with Crippen LogP contribution in [0.3, 0.4) is 0 Å². The molecule has 3 heteroatoms. The number of ether oxygens (including phenoxy) is 1. The molecule has 1 aromatic carbocycles. The minimum Gasteiger partial charge on any atom is -0.484 e. The van der Waals surface area contributed by atoms with E-state index in [0.29, 0.717) is 12.4 Å². The molecule has 0 saturated carbocycles. The van der Waals surface area contributed by atoms with Crippen LogP contribution in [0, 0.1) is 0 Å². The third-order valence-electron chi connectivity index (χ3n) is 1.66. The predicted molar refractivity (Wildman–Crippen MR) is 47.3 cm³/mol. The van der Waals surface area contributed by atoms with Gasteiger partial charge in [0.15, 0.2) is 12.0 Å². The Bertz CT molecular complexity index is 342. The summed E-state index contributed by atoms with van der Waals surface area (Å²) >= 11 is 0. The van der Waals surface area contributed by atoms with Gasteiger partial charge >= 0.3 is 0 Å². The minimum absolute atomic E-state index is 0.544. The van der Waals surface area contributed by atoms with Gasteiger partial charge in [-0.1, -0.05) is 35.5 Å². The molecule has 0 atom stereocenters. The molecule has 0 aliphatic carbocycles. The van der Waals surface area contributed by atoms with Gasteiger partial charge in [0, 0.05) is 0 Å². The van der Waals surface area contributed by atoms with Gasteiger partial charge in [0.1, 0.15) is 12.8 Å². The molecule has 3 nitrogen and oxygen atoms in total. The molecule has 0 amide bonds. The molecule has 0 saturated heterocycles. The molecular weight excluding hydrogens is 166 g/mol. The van der Waals surface area contributed by atoms with E-state index in [1.54, 1.807) is 6.20 Å². The Morgan fingerprint density at radius 3 is 2.77 bits per heavy atom. The Morgan fingerprint density at radius 1 is 1.23 bits per heavy atom. The molecule has 0 spiro atoms. The summed E-state index contributed by atoms with van der Waals surface area (Å²) in [6.45, 7) is 0.544. The van der Waals surface area contributed by atoms with Crippen LogP contribution in [0.15, 0.2) is 47.3 Å². The van der Waals surface area contributed by atoms with E-state index in [4.69, 9.17) is 4.74 Å². The molecule has 0 aliphatic rings. The summed E-state index contributed by atoms with van der Waals surface area (Å²) in [4.78, 5) is 0. The van der Waals surface area contributed by atoms with Crippen LogP contribution in [0.4, 0.5) is 0 Å². The molecule has 0 fully saturated rings. The van der Waals surface area contributed by atoms with Crippen LogP contribution in [0.5, 0.6) is 5.75 Å². The highest BCUT2D eigenvalue weighted by molar-refractivity contribution is 5.15. The number of hydrogen-bond acceptors (Lipinski definition) is 3. The second-order valence-electron chi connectivity index (χ2n) is 2.63. The molecule has 0 unspecified atom stereocenters. The van der Waals surface area contributed by atoms with Crippen molar-refractivity contribution in [2.75, 3.05) is 0 Å². The third-order valence-corrected chi connectivity index (χ3v) is 1.66. The summed E-state index contributed by atoms with van der Waals surface area (Å²) in [5.74, 6) is 0.656. The van der Waals surface area contributed by atoms with Gasteiger partial charge in [0.05, 0.1) is 0 Å². The van der Waals surface area contributed by atoms with Crippen molar-refractivity contribution < 1.29 is 9.26 Å². The Labute approximate surface area is 75.9 Å². The lowest BCUT2D eigenvalue weighted by Gasteiger charge is -2.01. The van der Waals surface area contributed by atoms with Gasteiger partial charge in [0.25, 0.3) is 0 Å². The normalized spacial score (nSPS) is 9.85. The van der Waals surface area contributed by atoms with Crippen molar-refractivity contribution in [2.24, 2.45) is 0 Å². The van der Waals surface area contributed by atoms with Crippen molar-refractivity contribution in [3.05, 3.63) is 48.4 Å². The highest BCUT2D eigenvalue weighted by atomic mass is 16.5. The smallest absolute Gasteiger partial charge is 0.179 e. The van der Waals surface area contributed by atoms with Crippen molar-refractivity contribution in [3.63, 3.8) is 0 Å². The van der Waals surface area contributed by atoms with Gasteiger partial charge in [-0.25, -0.2) is 0 Å². The van der Waals surface area contributed by atoms with Crippen LogP contribution in [-0.4, -0.2) is 5.16 Å². The monoisotopic (exact) mass is 175 g/mol. The van der Waals surface area contributed by atoms with Crippen LogP contribution in [0.25, 0.3) is 0 Å². The van der Waals surface area contributed by atoms with Crippen LogP contribution < -0.4 is 4.74 Å². The summed E-state index contributed by atoms with van der Waals surface area (Å²) in [7, 11) is 0. The van der Waals surface area contributed by atoms with E-state index in [0.717, 1.165) is 5.56 Å². The number of aromatic nitrogens is 1. The van der Waals surface area contributed by atoms with E-state index in [2.05, 4.69) is 9.68 Å². The first-order chi connectivity index (χ1) is 6.45. The highest BCUT2D eigenvalue weighted by Crippen LogP contribution is 2.10. The summed E-state index contributed by atoms with van der Waals surface area (Å²) in [6.07, 6.45) is 3.02. The zero-order valence-corrected chi connectivity index (χ0v) is 7.01. The van der Waals surface area contributed by atoms with E-state index in [1.165, 1.54) is 6.26 Å². The molecule has 0 bridgehead atoms. The van der Waals surface area contributed by atoms with Crippen LogP contribution in [0.1, 0.15) is 5.56 Å². The average Bonchev–Trinajstić information content (AvgIpc) is 2.69. The van der Waals surface area contributed by atoms with Crippen molar-refractivity contribution in [1.82, 2.24) is 5.16 Å². The van der Waals surface area contributed by atoms with E-state index < -0.39 is 0 Å². The molecule has 2 aromatic rings. The maximum Gasteiger partial charge on any atom is 0.179 e. The topological polar surface area (TPSA) is 35.3 Å². The summed E-state index contributed by atoms with van der Waals surface area (Å²) in [5.41, 5.74) is 1.13. The number of hydrogen-bond donors (Lipinski definition) is 0. The molecule has 1 aromatic heterocycles. The molecule has 0 aliphatic heterocycles. The van der Waals surface area contributed by atoms with Gasteiger partial charge in [-0.15, -0.1) is 0 Å². The fourth-order valence-corrected chi connectivity index (χ4v) is 1.01. The van der Waals surface area contributed by atoms with Crippen molar-refractivity contribution in [3.8, 4) is 5.75 Å².